The van der Waals surface area contributed by atoms with Gasteiger partial charge in [0.2, 0.25) is 0 Å². The van der Waals surface area contributed by atoms with Gasteiger partial charge in [0.05, 0.1) is 0 Å². The normalized spacial score (nSPS) is 21.4. The van der Waals surface area contributed by atoms with Crippen molar-refractivity contribution in [1.82, 2.24) is 5.32 Å². The van der Waals surface area contributed by atoms with Crippen LogP contribution in [0, 0.1) is 5.41 Å². The average molecular weight is 223 g/mol. The Balaban J connectivity index is 2.01. The molecule has 0 saturated heterocycles. The lowest BCUT2D eigenvalue weighted by atomic mass is 9.91. The van der Waals surface area contributed by atoms with Crippen LogP contribution in [0.3, 0.4) is 0 Å². The summed E-state index contributed by atoms with van der Waals surface area (Å²) in [6.07, 6.45) is 3.94. The fraction of sp³-hybridized carbons (Fsp3) is 0.692. The van der Waals surface area contributed by atoms with Crippen molar-refractivity contribution in [2.24, 2.45) is 5.41 Å². The van der Waals surface area contributed by atoms with Crippen molar-refractivity contribution < 1.29 is 0 Å². The van der Waals surface area contributed by atoms with Crippen molar-refractivity contribution in [3.05, 3.63) is 21.9 Å². The van der Waals surface area contributed by atoms with Gasteiger partial charge in [0, 0.05) is 17.5 Å². The molecule has 0 aromatic carbocycles. The Morgan fingerprint density at radius 2 is 2.27 bits per heavy atom. The lowest BCUT2D eigenvalue weighted by Gasteiger charge is -2.28. The van der Waals surface area contributed by atoms with Crippen molar-refractivity contribution in [2.75, 3.05) is 6.54 Å². The lowest BCUT2D eigenvalue weighted by molar-refractivity contribution is 0.338. The first-order valence-electron chi connectivity index (χ1n) is 5.86. The summed E-state index contributed by atoms with van der Waals surface area (Å²) >= 11 is 1.92. The smallest absolute Gasteiger partial charge is 0.0331 e. The van der Waals surface area contributed by atoms with E-state index < -0.39 is 0 Å². The molecule has 15 heavy (non-hydrogen) atoms. The summed E-state index contributed by atoms with van der Waals surface area (Å²) in [5, 5.41) is 5.95. The molecule has 84 valence electrons. The van der Waals surface area contributed by atoms with Gasteiger partial charge in [-0.05, 0) is 41.7 Å². The van der Waals surface area contributed by atoms with Gasteiger partial charge in [-0.3, -0.25) is 0 Å². The third-order valence-corrected chi connectivity index (χ3v) is 3.93. The molecule has 0 saturated carbocycles. The van der Waals surface area contributed by atoms with Crippen molar-refractivity contribution in [3.63, 3.8) is 0 Å². The van der Waals surface area contributed by atoms with Crippen LogP contribution in [-0.4, -0.2) is 6.54 Å². The molecule has 1 aliphatic rings. The number of hydrogen-bond donors (Lipinski definition) is 1. The molecule has 1 aliphatic carbocycles. The highest BCUT2D eigenvalue weighted by Crippen LogP contribution is 2.33. The SMILES string of the molecule is CC(C)(C)CNC1CCCc2sccc21. The van der Waals surface area contributed by atoms with Gasteiger partial charge in [-0.15, -0.1) is 11.3 Å². The Hall–Kier alpha value is -0.340. The molecule has 1 heterocycles. The zero-order valence-corrected chi connectivity index (χ0v) is 10.8. The summed E-state index contributed by atoms with van der Waals surface area (Å²) in [4.78, 5) is 1.60. The third-order valence-electron chi connectivity index (χ3n) is 2.93. The van der Waals surface area contributed by atoms with E-state index >= 15 is 0 Å². The second-order valence-electron chi connectivity index (χ2n) is 5.69. The molecule has 1 N–H and O–H groups in total. The Kier molecular flexibility index (Phi) is 3.17. The van der Waals surface area contributed by atoms with Crippen LogP contribution in [0.15, 0.2) is 11.4 Å². The predicted octanol–water partition coefficient (Wildman–Crippen LogP) is 3.76. The monoisotopic (exact) mass is 223 g/mol. The fourth-order valence-electron chi connectivity index (χ4n) is 2.13. The largest absolute Gasteiger partial charge is 0.309 e. The molecule has 0 fully saturated rings. The molecule has 0 amide bonds. The highest BCUT2D eigenvalue weighted by Gasteiger charge is 2.22. The minimum Gasteiger partial charge on any atom is -0.309 e. The molecule has 1 nitrogen and oxygen atoms in total. The molecule has 2 rings (SSSR count). The molecule has 0 aliphatic heterocycles. The number of thiophene rings is 1. The second kappa shape index (κ2) is 4.26. The van der Waals surface area contributed by atoms with Gasteiger partial charge in [-0.2, -0.15) is 0 Å². The number of fused-ring (bicyclic) bond motifs is 1. The van der Waals surface area contributed by atoms with Crippen molar-refractivity contribution in [3.8, 4) is 0 Å². The highest BCUT2D eigenvalue weighted by atomic mass is 32.1. The average Bonchev–Trinajstić information content (AvgIpc) is 2.61. The van der Waals surface area contributed by atoms with Gasteiger partial charge in [-0.25, -0.2) is 0 Å². The van der Waals surface area contributed by atoms with Crippen molar-refractivity contribution >= 4 is 11.3 Å². The van der Waals surface area contributed by atoms with Crippen LogP contribution in [0.25, 0.3) is 0 Å². The Labute approximate surface area is 96.9 Å². The molecular weight excluding hydrogens is 202 g/mol. The second-order valence-corrected chi connectivity index (χ2v) is 6.69. The molecule has 0 radical (unpaired) electrons. The molecule has 1 atom stereocenters. The van der Waals surface area contributed by atoms with Crippen LogP contribution in [0.5, 0.6) is 0 Å². The maximum atomic E-state index is 3.71. The lowest BCUT2D eigenvalue weighted by Crippen LogP contribution is -2.32. The topological polar surface area (TPSA) is 12.0 Å². The van der Waals surface area contributed by atoms with Crippen LogP contribution in [-0.2, 0) is 6.42 Å². The van der Waals surface area contributed by atoms with E-state index in [-0.39, 0.29) is 0 Å². The first-order chi connectivity index (χ1) is 7.06. The number of nitrogens with one attached hydrogen (secondary N) is 1. The van der Waals surface area contributed by atoms with Crippen LogP contribution in [0.2, 0.25) is 0 Å². The molecule has 0 bridgehead atoms. The maximum Gasteiger partial charge on any atom is 0.0331 e. The summed E-state index contributed by atoms with van der Waals surface area (Å²) in [7, 11) is 0. The number of rotatable bonds is 2. The van der Waals surface area contributed by atoms with Gasteiger partial charge < -0.3 is 5.32 Å². The summed E-state index contributed by atoms with van der Waals surface area (Å²) in [5.41, 5.74) is 1.95. The Bertz CT molecular complexity index is 322. The summed E-state index contributed by atoms with van der Waals surface area (Å²) in [6.45, 7) is 7.97. The summed E-state index contributed by atoms with van der Waals surface area (Å²) < 4.78 is 0. The zero-order chi connectivity index (χ0) is 10.9. The van der Waals surface area contributed by atoms with Crippen LogP contribution in [0.1, 0.15) is 50.1 Å². The minimum absolute atomic E-state index is 0.383. The standard InChI is InChI=1S/C13H21NS/c1-13(2,3)9-14-11-5-4-6-12-10(11)7-8-15-12/h7-8,11,14H,4-6,9H2,1-3H3. The maximum absolute atomic E-state index is 3.71. The number of hydrogen-bond acceptors (Lipinski definition) is 2. The molecule has 1 aromatic heterocycles. The zero-order valence-electron chi connectivity index (χ0n) is 9.97. The summed E-state index contributed by atoms with van der Waals surface area (Å²) in [5.74, 6) is 0. The van der Waals surface area contributed by atoms with Crippen LogP contribution < -0.4 is 5.32 Å². The van der Waals surface area contributed by atoms with Crippen molar-refractivity contribution in [1.29, 1.82) is 0 Å². The fourth-order valence-corrected chi connectivity index (χ4v) is 3.12. The van der Waals surface area contributed by atoms with Gasteiger partial charge in [0.25, 0.3) is 0 Å². The van der Waals surface area contributed by atoms with Gasteiger partial charge in [0.1, 0.15) is 0 Å². The molecule has 1 aromatic rings. The van der Waals surface area contributed by atoms with E-state index in [4.69, 9.17) is 0 Å². The highest BCUT2D eigenvalue weighted by molar-refractivity contribution is 7.10. The molecule has 0 spiro atoms. The van der Waals surface area contributed by atoms with Gasteiger partial charge in [-0.1, -0.05) is 20.8 Å². The van der Waals surface area contributed by atoms with Crippen LogP contribution in [0.4, 0.5) is 0 Å². The van der Waals surface area contributed by atoms with E-state index in [0.29, 0.717) is 11.5 Å². The number of aryl methyl sites for hydroxylation is 1. The van der Waals surface area contributed by atoms with E-state index in [0.717, 1.165) is 6.54 Å². The van der Waals surface area contributed by atoms with Gasteiger partial charge >= 0.3 is 0 Å². The molecule has 1 unspecified atom stereocenters. The quantitative estimate of drug-likeness (QED) is 0.805. The van der Waals surface area contributed by atoms with E-state index in [1.54, 1.807) is 10.4 Å². The molecular formula is C13H21NS. The molecule has 2 heteroatoms. The first kappa shape index (κ1) is 11.2. The first-order valence-corrected chi connectivity index (χ1v) is 6.74. The third kappa shape index (κ3) is 2.82. The van der Waals surface area contributed by atoms with E-state index in [1.165, 1.54) is 19.3 Å². The van der Waals surface area contributed by atoms with E-state index in [1.807, 2.05) is 11.3 Å². The van der Waals surface area contributed by atoms with E-state index in [2.05, 4.69) is 37.5 Å². The van der Waals surface area contributed by atoms with Crippen LogP contribution >= 0.6 is 11.3 Å². The Morgan fingerprint density at radius 3 is 3.00 bits per heavy atom. The van der Waals surface area contributed by atoms with E-state index in [9.17, 15) is 0 Å². The summed E-state index contributed by atoms with van der Waals surface area (Å²) in [6, 6.07) is 2.92. The van der Waals surface area contributed by atoms with Crippen molar-refractivity contribution in [2.45, 2.75) is 46.1 Å². The predicted molar refractivity (Wildman–Crippen MR) is 67.5 cm³/mol. The van der Waals surface area contributed by atoms with Gasteiger partial charge in [0.15, 0.2) is 0 Å². The Morgan fingerprint density at radius 1 is 1.47 bits per heavy atom. The minimum atomic E-state index is 0.383.